The zero-order chi connectivity index (χ0) is 13.7. The predicted molar refractivity (Wildman–Crippen MR) is 71.4 cm³/mol. The summed E-state index contributed by atoms with van der Waals surface area (Å²) >= 11 is 0. The summed E-state index contributed by atoms with van der Waals surface area (Å²) in [5, 5.41) is 0. The number of nitrogens with one attached hydrogen (secondary N) is 1. The van der Waals surface area contributed by atoms with Crippen LogP contribution in [0.25, 0.3) is 6.08 Å². The Labute approximate surface area is 115 Å². The smallest absolute Gasteiger partial charge is 0.183 e. The van der Waals surface area contributed by atoms with Crippen LogP contribution in [0.5, 0.6) is 0 Å². The minimum atomic E-state index is -0.518. The molecule has 102 valence electrons. The molecular weight excluding hydrogens is 256 g/mol. The molecule has 0 amide bonds. The Kier molecular flexibility index (Phi) is 2.36. The summed E-state index contributed by atoms with van der Waals surface area (Å²) < 4.78 is 10.7. The zero-order valence-corrected chi connectivity index (χ0v) is 11.1. The maximum Gasteiger partial charge on any atom is 0.183 e. The molecule has 0 aromatic carbocycles. The number of rotatable bonds is 2. The number of aromatic amines is 1. The van der Waals surface area contributed by atoms with Crippen molar-refractivity contribution >= 4 is 11.9 Å². The molecule has 4 rings (SSSR count). The largest absolute Gasteiger partial charge is 0.500 e. The Morgan fingerprint density at radius 3 is 3.10 bits per heavy atom. The van der Waals surface area contributed by atoms with Crippen LogP contribution in [-0.2, 0) is 17.6 Å². The van der Waals surface area contributed by atoms with Crippen LogP contribution in [0.1, 0.15) is 45.4 Å². The summed E-state index contributed by atoms with van der Waals surface area (Å²) in [6.07, 6.45) is 7.91. The van der Waals surface area contributed by atoms with E-state index in [4.69, 9.17) is 9.15 Å². The fraction of sp³-hybridized carbons (Fsp3) is 0.333. The highest BCUT2D eigenvalue weighted by Gasteiger charge is 2.38. The molecule has 0 fully saturated rings. The van der Waals surface area contributed by atoms with Crippen molar-refractivity contribution in [2.24, 2.45) is 0 Å². The highest BCUT2D eigenvalue weighted by molar-refractivity contribution is 6.09. The number of hydrogen-bond acceptors (Lipinski definition) is 4. The van der Waals surface area contributed by atoms with E-state index in [1.54, 1.807) is 13.3 Å². The topological polar surface area (TPSA) is 68.1 Å². The van der Waals surface area contributed by atoms with Crippen molar-refractivity contribution in [1.29, 1.82) is 0 Å². The predicted octanol–water partition coefficient (Wildman–Crippen LogP) is 2.46. The van der Waals surface area contributed by atoms with E-state index in [0.717, 1.165) is 30.5 Å². The van der Waals surface area contributed by atoms with Gasteiger partial charge in [0, 0.05) is 17.3 Å². The average molecular weight is 270 g/mol. The van der Waals surface area contributed by atoms with Gasteiger partial charge in [-0.3, -0.25) is 4.79 Å². The lowest BCUT2D eigenvalue weighted by Crippen LogP contribution is -2.21. The molecule has 1 atom stereocenters. The number of allylic oxidation sites excluding steroid dienone is 1. The zero-order valence-electron chi connectivity index (χ0n) is 11.1. The first-order valence-corrected chi connectivity index (χ1v) is 6.71. The van der Waals surface area contributed by atoms with Gasteiger partial charge >= 0.3 is 0 Å². The Hall–Kier alpha value is -2.30. The second kappa shape index (κ2) is 4.10. The first-order valence-electron chi connectivity index (χ1n) is 6.71. The van der Waals surface area contributed by atoms with Crippen LogP contribution >= 0.6 is 0 Å². The van der Waals surface area contributed by atoms with Crippen LogP contribution in [0.15, 0.2) is 22.8 Å². The van der Waals surface area contributed by atoms with Crippen molar-refractivity contribution in [1.82, 2.24) is 9.97 Å². The number of ether oxygens (including phenoxy) is 1. The summed E-state index contributed by atoms with van der Waals surface area (Å²) in [7, 11) is 1.57. The second-order valence-corrected chi connectivity index (χ2v) is 5.18. The molecule has 0 radical (unpaired) electrons. The maximum atomic E-state index is 12.9. The summed E-state index contributed by atoms with van der Waals surface area (Å²) in [5.41, 5.74) is 4.03. The van der Waals surface area contributed by atoms with E-state index in [1.807, 2.05) is 6.08 Å². The summed E-state index contributed by atoms with van der Waals surface area (Å²) in [4.78, 5) is 20.1. The van der Waals surface area contributed by atoms with Gasteiger partial charge in [-0.2, -0.15) is 0 Å². The molecule has 2 heterocycles. The van der Waals surface area contributed by atoms with E-state index in [9.17, 15) is 4.79 Å². The highest BCUT2D eigenvalue weighted by Crippen LogP contribution is 2.40. The van der Waals surface area contributed by atoms with E-state index in [2.05, 4.69) is 9.97 Å². The van der Waals surface area contributed by atoms with Crippen LogP contribution in [0.4, 0.5) is 0 Å². The van der Waals surface area contributed by atoms with Crippen LogP contribution in [0.2, 0.25) is 0 Å². The lowest BCUT2D eigenvalue weighted by atomic mass is 9.86. The number of aryl methyl sites for hydroxylation is 1. The summed E-state index contributed by atoms with van der Waals surface area (Å²) in [5.74, 6) is 0.645. The Morgan fingerprint density at radius 2 is 2.35 bits per heavy atom. The number of oxazole rings is 1. The Bertz CT molecular complexity index is 710. The Morgan fingerprint density at radius 1 is 1.45 bits per heavy atom. The lowest BCUT2D eigenvalue weighted by molar-refractivity contribution is 0.0930. The fourth-order valence-electron chi connectivity index (χ4n) is 3.25. The number of fused-ring (bicyclic) bond motifs is 3. The number of nitrogens with zero attached hydrogens (tertiary/aromatic N) is 1. The molecule has 0 bridgehead atoms. The third-order valence-corrected chi connectivity index (χ3v) is 4.13. The first-order chi connectivity index (χ1) is 9.79. The minimum absolute atomic E-state index is 0.0375. The lowest BCUT2D eigenvalue weighted by Gasteiger charge is -2.20. The van der Waals surface area contributed by atoms with Crippen molar-refractivity contribution in [3.8, 4) is 0 Å². The van der Waals surface area contributed by atoms with Gasteiger partial charge in [-0.1, -0.05) is 0 Å². The molecule has 0 saturated carbocycles. The van der Waals surface area contributed by atoms with Gasteiger partial charge in [-0.15, -0.1) is 0 Å². The average Bonchev–Trinajstić information content (AvgIpc) is 3.13. The van der Waals surface area contributed by atoms with Crippen LogP contribution in [0.3, 0.4) is 0 Å². The van der Waals surface area contributed by atoms with Crippen molar-refractivity contribution in [2.75, 3.05) is 7.11 Å². The SMILES string of the molecule is COC1=Cc2[nH]c3c(c2C(=O)C1c1cnco1)CCC3. The number of aromatic nitrogens is 2. The molecule has 0 saturated heterocycles. The van der Waals surface area contributed by atoms with Crippen LogP contribution in [0, 0.1) is 0 Å². The van der Waals surface area contributed by atoms with Crippen molar-refractivity contribution < 1.29 is 13.9 Å². The molecule has 2 aliphatic rings. The standard InChI is InChI=1S/C15H14N2O3/c1-19-11-5-10-13(8-3-2-4-9(8)17-10)15(18)14(11)12-6-16-7-20-12/h5-7,14,17H,2-4H2,1H3. The molecule has 1 unspecified atom stereocenters. The molecule has 1 N–H and O–H groups in total. The summed E-state index contributed by atoms with van der Waals surface area (Å²) in [6, 6.07) is 0. The van der Waals surface area contributed by atoms with Crippen molar-refractivity contribution in [3.05, 3.63) is 46.6 Å². The third-order valence-electron chi connectivity index (χ3n) is 4.13. The molecule has 2 aliphatic carbocycles. The first kappa shape index (κ1) is 11.5. The van der Waals surface area contributed by atoms with Gasteiger partial charge in [-0.25, -0.2) is 4.98 Å². The number of hydrogen-bond donors (Lipinski definition) is 1. The van der Waals surface area contributed by atoms with Gasteiger partial charge in [0.15, 0.2) is 12.2 Å². The van der Waals surface area contributed by atoms with Gasteiger partial charge in [-0.05, 0) is 24.8 Å². The quantitative estimate of drug-likeness (QED) is 0.910. The fourth-order valence-corrected chi connectivity index (χ4v) is 3.25. The monoisotopic (exact) mass is 270 g/mol. The van der Waals surface area contributed by atoms with E-state index in [0.29, 0.717) is 11.5 Å². The normalized spacial score (nSPS) is 20.6. The molecular formula is C15H14N2O3. The van der Waals surface area contributed by atoms with Gasteiger partial charge in [0.1, 0.15) is 17.4 Å². The minimum Gasteiger partial charge on any atom is -0.500 e. The third kappa shape index (κ3) is 1.43. The van der Waals surface area contributed by atoms with E-state index in [1.165, 1.54) is 17.7 Å². The number of H-pyrrole nitrogens is 1. The van der Waals surface area contributed by atoms with Gasteiger partial charge < -0.3 is 14.1 Å². The van der Waals surface area contributed by atoms with E-state index in [-0.39, 0.29) is 5.78 Å². The molecule has 2 aromatic rings. The van der Waals surface area contributed by atoms with Crippen LogP contribution in [-0.4, -0.2) is 22.9 Å². The van der Waals surface area contributed by atoms with Gasteiger partial charge in [0.2, 0.25) is 0 Å². The van der Waals surface area contributed by atoms with E-state index < -0.39 is 5.92 Å². The van der Waals surface area contributed by atoms with E-state index >= 15 is 0 Å². The Balaban J connectivity index is 1.90. The number of methoxy groups -OCH3 is 1. The molecule has 2 aromatic heterocycles. The summed E-state index contributed by atoms with van der Waals surface area (Å²) in [6.45, 7) is 0. The number of carbonyl (C=O) groups excluding carboxylic acids is 1. The number of carbonyl (C=O) groups is 1. The molecule has 0 spiro atoms. The van der Waals surface area contributed by atoms with Gasteiger partial charge in [0.25, 0.3) is 0 Å². The molecule has 5 nitrogen and oxygen atoms in total. The van der Waals surface area contributed by atoms with Gasteiger partial charge in [0.05, 0.1) is 19.0 Å². The molecule has 0 aliphatic heterocycles. The number of Topliss-reactive ketones (excluding diaryl/α,β-unsaturated/α-hetero) is 1. The maximum absolute atomic E-state index is 12.9. The highest BCUT2D eigenvalue weighted by atomic mass is 16.5. The molecule has 20 heavy (non-hydrogen) atoms. The van der Waals surface area contributed by atoms with Crippen molar-refractivity contribution in [3.63, 3.8) is 0 Å². The molecule has 5 heteroatoms. The van der Waals surface area contributed by atoms with Crippen LogP contribution < -0.4 is 0 Å². The number of ketones is 1. The second-order valence-electron chi connectivity index (χ2n) is 5.18. The van der Waals surface area contributed by atoms with Crippen molar-refractivity contribution in [2.45, 2.75) is 25.2 Å².